The van der Waals surface area contributed by atoms with Crippen LogP contribution >= 0.6 is 11.3 Å². The highest BCUT2D eigenvalue weighted by molar-refractivity contribution is 7.22. The molecular formula is C73H87N9O17S. The number of anilines is 2. The predicted octanol–water partition coefficient (Wildman–Crippen LogP) is 8.52. The van der Waals surface area contributed by atoms with Crippen molar-refractivity contribution in [3.63, 3.8) is 0 Å². The van der Waals surface area contributed by atoms with Crippen LogP contribution in [-0.2, 0) is 80.1 Å². The fourth-order valence-electron chi connectivity index (χ4n) is 16.5. The molecule has 26 nitrogen and oxygen atoms in total. The molecular weight excluding hydrogens is 1310 g/mol. The van der Waals surface area contributed by atoms with Gasteiger partial charge >= 0.3 is 18.0 Å². The maximum absolute atomic E-state index is 13.8. The Labute approximate surface area is 583 Å². The van der Waals surface area contributed by atoms with E-state index >= 15 is 0 Å². The minimum Gasteiger partial charge on any atom is -0.479 e. The Hall–Kier alpha value is -8.70. The molecule has 4 saturated carbocycles. The normalized spacial score (nSPS) is 23.6. The van der Waals surface area contributed by atoms with E-state index in [1.807, 2.05) is 77.2 Å². The highest BCUT2D eigenvalue weighted by Gasteiger charge is 2.66. The molecule has 27 heteroatoms. The van der Waals surface area contributed by atoms with Gasteiger partial charge in [0.2, 0.25) is 12.2 Å². The summed E-state index contributed by atoms with van der Waals surface area (Å²) in [6.07, 6.45) is 7.66. The van der Waals surface area contributed by atoms with Crippen LogP contribution < -0.4 is 20.3 Å². The first-order valence-corrected chi connectivity index (χ1v) is 35.0. The number of thiazole rings is 1. The van der Waals surface area contributed by atoms with Crippen molar-refractivity contribution in [1.29, 1.82) is 0 Å². The lowest BCUT2D eigenvalue weighted by Gasteiger charge is -2.69. The van der Waals surface area contributed by atoms with Crippen LogP contribution in [-0.4, -0.2) is 190 Å². The number of hydrogen-bond acceptors (Lipinski definition) is 20. The van der Waals surface area contributed by atoms with Gasteiger partial charge in [-0.15, -0.1) is 0 Å². The van der Waals surface area contributed by atoms with Gasteiger partial charge in [-0.1, -0.05) is 61.6 Å². The number of para-hydroxylation sites is 1. The van der Waals surface area contributed by atoms with E-state index in [9.17, 15) is 48.9 Å². The number of ether oxygens (including phenoxy) is 7. The van der Waals surface area contributed by atoms with Crippen molar-refractivity contribution in [3.8, 4) is 16.9 Å². The second kappa shape index (κ2) is 30.6. The average Bonchev–Trinajstić information content (AvgIpc) is 0.735. The summed E-state index contributed by atoms with van der Waals surface area (Å²) in [6, 6.07) is 22.6. The predicted molar refractivity (Wildman–Crippen MR) is 367 cm³/mol. The molecule has 5 amide bonds. The van der Waals surface area contributed by atoms with Crippen LogP contribution in [0.1, 0.15) is 127 Å². The van der Waals surface area contributed by atoms with Crippen molar-refractivity contribution in [2.45, 2.75) is 142 Å². The summed E-state index contributed by atoms with van der Waals surface area (Å²) in [4.78, 5) is 102. The van der Waals surface area contributed by atoms with Crippen molar-refractivity contribution in [2.24, 2.45) is 16.2 Å². The quantitative estimate of drug-likeness (QED) is 0.0195. The first kappa shape index (κ1) is 71.1. The van der Waals surface area contributed by atoms with E-state index in [1.54, 1.807) is 25.4 Å². The van der Waals surface area contributed by atoms with Crippen molar-refractivity contribution < 1.29 is 82.0 Å². The summed E-state index contributed by atoms with van der Waals surface area (Å²) in [7, 11) is 1.66. The van der Waals surface area contributed by atoms with E-state index in [4.69, 9.17) is 43.2 Å². The number of aliphatic hydroxyl groups is 1. The number of pyridine rings is 1. The molecule has 3 aromatic carbocycles. The van der Waals surface area contributed by atoms with Crippen molar-refractivity contribution in [1.82, 2.24) is 34.9 Å². The zero-order chi connectivity index (χ0) is 70.3. The fraction of sp³-hybridized carbons (Fsp3) is 0.507. The molecule has 6 aromatic rings. The molecule has 1 saturated heterocycles. The molecule has 5 N–H and O–H groups in total. The maximum atomic E-state index is 13.8. The second-order valence-electron chi connectivity index (χ2n) is 28.2. The molecule has 5 atom stereocenters. The van der Waals surface area contributed by atoms with E-state index < -0.39 is 53.9 Å². The first-order valence-electron chi connectivity index (χ1n) is 34.2. The number of aromatic nitrogens is 4. The van der Waals surface area contributed by atoms with Gasteiger partial charge in [0.1, 0.15) is 18.2 Å². The lowest BCUT2D eigenvalue weighted by molar-refractivity contribution is -0.248. The van der Waals surface area contributed by atoms with Crippen LogP contribution in [0.3, 0.4) is 0 Å². The topological polar surface area (TPSA) is 322 Å². The molecule has 5 fully saturated rings. The Morgan fingerprint density at radius 2 is 1.57 bits per heavy atom. The number of carbonyl (C=O) groups excluding carboxylic acids is 5. The summed E-state index contributed by atoms with van der Waals surface area (Å²) in [5, 5.41) is 42.2. The molecule has 13 rings (SSSR count). The monoisotopic (exact) mass is 1390 g/mol. The maximum Gasteiger partial charge on any atom is 0.409 e. The fourth-order valence-corrected chi connectivity index (χ4v) is 17.4. The third-order valence-electron chi connectivity index (χ3n) is 19.9. The van der Waals surface area contributed by atoms with Crippen molar-refractivity contribution in [3.05, 3.63) is 130 Å². The molecule has 0 spiro atoms. The minimum atomic E-state index is -1.27. The lowest BCUT2D eigenvalue weighted by Crippen LogP contribution is -2.64. The van der Waals surface area contributed by atoms with Gasteiger partial charge in [-0.05, 0) is 134 Å². The van der Waals surface area contributed by atoms with Crippen LogP contribution in [0.25, 0.3) is 21.3 Å². The van der Waals surface area contributed by atoms with Gasteiger partial charge in [-0.3, -0.25) is 34.1 Å². The second-order valence-corrected chi connectivity index (χ2v) is 29.2. The van der Waals surface area contributed by atoms with Crippen LogP contribution in [0, 0.1) is 23.2 Å². The summed E-state index contributed by atoms with van der Waals surface area (Å²) >= 11 is 1.41. The van der Waals surface area contributed by atoms with Crippen LogP contribution in [0.4, 0.5) is 15.7 Å². The van der Waals surface area contributed by atoms with E-state index in [2.05, 4.69) is 29.5 Å². The van der Waals surface area contributed by atoms with Gasteiger partial charge in [0.25, 0.3) is 17.7 Å². The molecule has 532 valence electrons. The molecule has 100 heavy (non-hydrogen) atoms. The van der Waals surface area contributed by atoms with Gasteiger partial charge in [-0.25, -0.2) is 24.4 Å². The number of aromatic carboxylic acids is 1. The zero-order valence-electron chi connectivity index (χ0n) is 56.9. The Kier molecular flexibility index (Phi) is 21.8. The van der Waals surface area contributed by atoms with E-state index in [-0.39, 0.29) is 92.5 Å². The number of aryl methyl sites for hydroxylation is 1. The highest BCUT2D eigenvalue weighted by atomic mass is 32.1. The standard InChI is InChI=1S/C73H87N9O17S/c1-46-53(51-16-17-59(77-64(51)67(90)91)80-23-20-48-10-7-11-52(54(48)37-80)65(87)78-68-76-55-12-5-6-13-58(55)100-68)36-75-82(46)45-72-40-70(2)39-71(3,41-72)43-73(42-70,44-72)97-28-25-79(4)69(92)96-38-49-15-14-47(33-56(49)98-63-35-50(83)34-57(99-63)66(88)89)9-8-26-93-29-31-95-32-30-94-27-22-74-60(84)21-24-81-61(85)18-19-62(81)86/h5-7,10-19,33,36,50,57,63,83H,8-9,20-32,34-35,37-45H2,1-4H3,(H,74,84)(H,88,89)(H,90,91)(H,76,78,87)/t50-,57-,63+,70?,71?,72?,73?/m0/s1. The number of amides is 5. The number of fused-ring (bicyclic) bond motifs is 2. The van der Waals surface area contributed by atoms with Gasteiger partial charge in [0.05, 0.1) is 67.8 Å². The Bertz CT molecular complexity index is 4010. The Balaban J connectivity index is 0.618. The van der Waals surface area contributed by atoms with Gasteiger partial charge in [0, 0.05) is 112 Å². The number of nitrogens with zero attached hydrogens (tertiary/aromatic N) is 7. The Morgan fingerprint density at radius 3 is 2.32 bits per heavy atom. The third kappa shape index (κ3) is 16.8. The number of hydrogen-bond donors (Lipinski definition) is 5. The smallest absolute Gasteiger partial charge is 0.409 e. The van der Waals surface area contributed by atoms with Crippen molar-refractivity contribution in [2.75, 3.05) is 89.7 Å². The SMILES string of the molecule is Cc1c(-c2ccc(N3CCc4cccc(C(=O)Nc5nc6ccccc6s5)c4C3)nc2C(=O)O)cnn1CC12CC3(C)CC(C)(C1)CC(OCCN(C)C(=O)OCc1ccc(CCCOCCOCCOCCNC(=O)CCN4C(=O)C=CC4=O)cc1O[C@H]1C[C@@H](O)C[C@@H](C(=O)O)O1)(C3)C2. The number of aliphatic hydroxyl groups excluding tert-OH is 1. The number of carboxylic acid groups (broad SMARTS) is 2. The molecule has 3 aliphatic heterocycles. The lowest BCUT2D eigenvalue weighted by atomic mass is 9.39. The van der Waals surface area contributed by atoms with Crippen LogP contribution in [0.15, 0.2) is 91.1 Å². The summed E-state index contributed by atoms with van der Waals surface area (Å²) in [6.45, 7) is 11.0. The zero-order valence-corrected chi connectivity index (χ0v) is 57.7. The first-order chi connectivity index (χ1) is 48.0. The molecule has 3 aromatic heterocycles. The van der Waals surface area contributed by atoms with Crippen LogP contribution in [0.2, 0.25) is 0 Å². The molecule has 7 aliphatic rings. The highest BCUT2D eigenvalue weighted by Crippen LogP contribution is 2.72. The number of carboxylic acids is 2. The van der Waals surface area contributed by atoms with E-state index in [1.165, 1.54) is 28.4 Å². The third-order valence-corrected chi connectivity index (χ3v) is 20.9. The number of aliphatic carboxylic acids is 1. The van der Waals surface area contributed by atoms with E-state index in [0.717, 1.165) is 76.0 Å². The van der Waals surface area contributed by atoms with Gasteiger partial charge in [-0.2, -0.15) is 5.10 Å². The molecule has 4 aliphatic carbocycles. The number of likely N-dealkylation sites (N-methyl/N-ethyl adjacent to an activating group) is 1. The number of rotatable bonds is 32. The van der Waals surface area contributed by atoms with Crippen molar-refractivity contribution >= 4 is 74.2 Å². The van der Waals surface area contributed by atoms with E-state index in [0.29, 0.717) is 111 Å². The van der Waals surface area contributed by atoms with Gasteiger partial charge < -0.3 is 63.6 Å². The molecule has 2 unspecified atom stereocenters. The number of nitrogens with one attached hydrogen (secondary N) is 2. The van der Waals surface area contributed by atoms with Crippen LogP contribution in [0.5, 0.6) is 5.75 Å². The molecule has 4 bridgehead atoms. The molecule has 6 heterocycles. The summed E-state index contributed by atoms with van der Waals surface area (Å²) < 4.78 is 44.9. The number of benzene rings is 3. The average molecular weight is 1390 g/mol. The Morgan fingerprint density at radius 1 is 0.820 bits per heavy atom. The minimum absolute atomic E-state index is 0.00374. The van der Waals surface area contributed by atoms with Gasteiger partial charge in [0.15, 0.2) is 16.9 Å². The number of imide groups is 1. The summed E-state index contributed by atoms with van der Waals surface area (Å²) in [5.41, 5.74) is 5.93. The molecule has 0 radical (unpaired) electrons. The largest absolute Gasteiger partial charge is 0.479 e. The summed E-state index contributed by atoms with van der Waals surface area (Å²) in [5.74, 6) is -2.96. The number of carbonyl (C=O) groups is 7.